The maximum atomic E-state index is 13.1. The van der Waals surface area contributed by atoms with Crippen molar-refractivity contribution in [1.82, 2.24) is 10.6 Å². The Hall–Kier alpha value is -2.60. The van der Waals surface area contributed by atoms with Gasteiger partial charge in [0, 0.05) is 17.3 Å². The predicted molar refractivity (Wildman–Crippen MR) is 99.3 cm³/mol. The molecule has 5 nitrogen and oxygen atoms in total. The first kappa shape index (κ1) is 18.7. The van der Waals surface area contributed by atoms with Crippen LogP contribution in [0.15, 0.2) is 53.5 Å². The van der Waals surface area contributed by atoms with Crippen molar-refractivity contribution in [3.63, 3.8) is 0 Å². The summed E-state index contributed by atoms with van der Waals surface area (Å²) in [6.45, 7) is 3.04. The summed E-state index contributed by atoms with van der Waals surface area (Å²) < 4.78 is 13.1. The first-order valence-electron chi connectivity index (χ1n) is 7.89. The van der Waals surface area contributed by atoms with E-state index in [0.29, 0.717) is 29.8 Å². The van der Waals surface area contributed by atoms with E-state index < -0.39 is 5.82 Å². The van der Waals surface area contributed by atoms with Gasteiger partial charge in [-0.2, -0.15) is 0 Å². The van der Waals surface area contributed by atoms with Gasteiger partial charge < -0.3 is 16.0 Å². The van der Waals surface area contributed by atoms with Crippen molar-refractivity contribution < 1.29 is 9.18 Å². The summed E-state index contributed by atoms with van der Waals surface area (Å²) in [5.74, 6) is -0.182. The SMILES string of the molecule is CCNC(=NCc1cccc(Cl)c1)NCC(=O)Nc1cccc(F)c1. The van der Waals surface area contributed by atoms with Gasteiger partial charge in [0.15, 0.2) is 5.96 Å². The smallest absolute Gasteiger partial charge is 0.243 e. The number of amides is 1. The lowest BCUT2D eigenvalue weighted by molar-refractivity contribution is -0.115. The van der Waals surface area contributed by atoms with Crippen LogP contribution in [0.1, 0.15) is 12.5 Å². The van der Waals surface area contributed by atoms with Crippen molar-refractivity contribution >= 4 is 29.2 Å². The van der Waals surface area contributed by atoms with Gasteiger partial charge in [-0.15, -0.1) is 0 Å². The molecule has 0 radical (unpaired) electrons. The zero-order valence-electron chi connectivity index (χ0n) is 13.9. The molecule has 25 heavy (non-hydrogen) atoms. The summed E-state index contributed by atoms with van der Waals surface area (Å²) in [5.41, 5.74) is 1.38. The molecule has 3 N–H and O–H groups in total. The van der Waals surface area contributed by atoms with Crippen molar-refractivity contribution in [2.24, 2.45) is 4.99 Å². The van der Waals surface area contributed by atoms with E-state index in [1.807, 2.05) is 25.1 Å². The number of nitrogens with one attached hydrogen (secondary N) is 3. The van der Waals surface area contributed by atoms with Gasteiger partial charge in [0.1, 0.15) is 5.82 Å². The standard InChI is InChI=1S/C18H20ClFN4O/c1-2-21-18(22-11-13-5-3-6-14(19)9-13)23-12-17(25)24-16-8-4-7-15(20)10-16/h3-10H,2,11-12H2,1H3,(H,24,25)(H2,21,22,23). The average molecular weight is 363 g/mol. The molecule has 2 aromatic carbocycles. The number of aliphatic imine (C=N–C) groups is 1. The highest BCUT2D eigenvalue weighted by atomic mass is 35.5. The maximum Gasteiger partial charge on any atom is 0.243 e. The molecule has 0 saturated carbocycles. The Morgan fingerprint density at radius 3 is 2.68 bits per heavy atom. The first-order chi connectivity index (χ1) is 12.1. The lowest BCUT2D eigenvalue weighted by atomic mass is 10.2. The zero-order chi connectivity index (χ0) is 18.1. The summed E-state index contributed by atoms with van der Waals surface area (Å²) in [6.07, 6.45) is 0. The van der Waals surface area contributed by atoms with Crippen molar-refractivity contribution in [2.75, 3.05) is 18.4 Å². The second-order valence-corrected chi connectivity index (χ2v) is 5.67. The summed E-state index contributed by atoms with van der Waals surface area (Å²) in [4.78, 5) is 16.4. The molecule has 0 fully saturated rings. The van der Waals surface area contributed by atoms with Crippen molar-refractivity contribution in [3.8, 4) is 0 Å². The van der Waals surface area contributed by atoms with Gasteiger partial charge in [0.05, 0.1) is 13.1 Å². The van der Waals surface area contributed by atoms with Crippen molar-refractivity contribution in [2.45, 2.75) is 13.5 Å². The number of benzene rings is 2. The van der Waals surface area contributed by atoms with Gasteiger partial charge in [-0.25, -0.2) is 9.38 Å². The van der Waals surface area contributed by atoms with E-state index in [1.54, 1.807) is 12.1 Å². The summed E-state index contributed by atoms with van der Waals surface area (Å²) in [5, 5.41) is 9.27. The molecule has 0 saturated heterocycles. The molecule has 2 aromatic rings. The van der Waals surface area contributed by atoms with E-state index in [4.69, 9.17) is 11.6 Å². The number of guanidine groups is 1. The van der Waals surface area contributed by atoms with Crippen LogP contribution >= 0.6 is 11.6 Å². The van der Waals surface area contributed by atoms with E-state index in [0.717, 1.165) is 5.56 Å². The molecular formula is C18H20ClFN4O. The molecule has 0 unspecified atom stereocenters. The predicted octanol–water partition coefficient (Wildman–Crippen LogP) is 3.17. The third kappa shape index (κ3) is 6.81. The van der Waals surface area contributed by atoms with Crippen LogP contribution in [0.4, 0.5) is 10.1 Å². The highest BCUT2D eigenvalue weighted by molar-refractivity contribution is 6.30. The third-order valence-electron chi connectivity index (χ3n) is 3.18. The molecule has 2 rings (SSSR count). The van der Waals surface area contributed by atoms with Gasteiger partial charge in [-0.05, 0) is 42.8 Å². The molecule has 0 aliphatic carbocycles. The Bertz CT molecular complexity index is 751. The van der Waals surface area contributed by atoms with Gasteiger partial charge in [0.2, 0.25) is 5.91 Å². The van der Waals surface area contributed by atoms with Crippen molar-refractivity contribution in [1.29, 1.82) is 0 Å². The normalized spacial score (nSPS) is 11.1. The minimum Gasteiger partial charge on any atom is -0.357 e. The van der Waals surface area contributed by atoms with Crippen LogP contribution in [-0.4, -0.2) is 25.0 Å². The fourth-order valence-electron chi connectivity index (χ4n) is 2.08. The quantitative estimate of drug-likeness (QED) is 0.546. The average Bonchev–Trinajstić information content (AvgIpc) is 2.57. The Labute approximate surface area is 151 Å². The lowest BCUT2D eigenvalue weighted by Gasteiger charge is -2.11. The summed E-state index contributed by atoms with van der Waals surface area (Å²) in [7, 11) is 0. The lowest BCUT2D eigenvalue weighted by Crippen LogP contribution is -2.41. The summed E-state index contributed by atoms with van der Waals surface area (Å²) in [6, 6.07) is 13.2. The molecule has 0 atom stereocenters. The number of nitrogens with zero attached hydrogens (tertiary/aromatic N) is 1. The monoisotopic (exact) mass is 362 g/mol. The molecule has 0 aromatic heterocycles. The van der Waals surface area contributed by atoms with Gasteiger partial charge in [-0.3, -0.25) is 4.79 Å². The minimum atomic E-state index is -0.401. The fraction of sp³-hybridized carbons (Fsp3) is 0.222. The summed E-state index contributed by atoms with van der Waals surface area (Å²) >= 11 is 5.95. The van der Waals surface area contributed by atoms with Crippen molar-refractivity contribution in [3.05, 3.63) is 64.9 Å². The van der Waals surface area contributed by atoms with Crippen LogP contribution in [-0.2, 0) is 11.3 Å². The third-order valence-corrected chi connectivity index (χ3v) is 3.41. The van der Waals surface area contributed by atoms with Gasteiger partial charge in [0.25, 0.3) is 0 Å². The molecule has 0 aliphatic heterocycles. The Morgan fingerprint density at radius 1 is 1.16 bits per heavy atom. The number of hydrogen-bond donors (Lipinski definition) is 3. The second kappa shape index (κ2) is 9.64. The van der Waals surface area contributed by atoms with Crippen LogP contribution in [0.3, 0.4) is 0 Å². The van der Waals surface area contributed by atoms with Crippen LogP contribution in [0.5, 0.6) is 0 Å². The molecule has 0 heterocycles. The molecule has 132 valence electrons. The van der Waals surface area contributed by atoms with E-state index in [2.05, 4.69) is 20.9 Å². The molecule has 7 heteroatoms. The number of rotatable bonds is 6. The van der Waals surface area contributed by atoms with Crippen LogP contribution in [0.2, 0.25) is 5.02 Å². The molecule has 0 bridgehead atoms. The van der Waals surface area contributed by atoms with Gasteiger partial charge >= 0.3 is 0 Å². The maximum absolute atomic E-state index is 13.1. The van der Waals surface area contributed by atoms with Gasteiger partial charge in [-0.1, -0.05) is 29.8 Å². The second-order valence-electron chi connectivity index (χ2n) is 5.24. The molecule has 1 amide bonds. The number of carbonyl (C=O) groups is 1. The van der Waals surface area contributed by atoms with E-state index in [1.165, 1.54) is 18.2 Å². The fourth-order valence-corrected chi connectivity index (χ4v) is 2.30. The Morgan fingerprint density at radius 2 is 1.96 bits per heavy atom. The highest BCUT2D eigenvalue weighted by Crippen LogP contribution is 2.11. The highest BCUT2D eigenvalue weighted by Gasteiger charge is 2.05. The van der Waals surface area contributed by atoms with E-state index >= 15 is 0 Å². The van der Waals surface area contributed by atoms with Crippen LogP contribution < -0.4 is 16.0 Å². The first-order valence-corrected chi connectivity index (χ1v) is 8.26. The molecule has 0 aliphatic rings. The topological polar surface area (TPSA) is 65.5 Å². The number of hydrogen-bond acceptors (Lipinski definition) is 2. The number of anilines is 1. The van der Waals surface area contributed by atoms with E-state index in [9.17, 15) is 9.18 Å². The Kier molecular flexibility index (Phi) is 7.22. The largest absolute Gasteiger partial charge is 0.357 e. The molecule has 0 spiro atoms. The number of carbonyl (C=O) groups excluding carboxylic acids is 1. The molecular weight excluding hydrogens is 343 g/mol. The van der Waals surface area contributed by atoms with Crippen LogP contribution in [0.25, 0.3) is 0 Å². The Balaban J connectivity index is 1.89. The van der Waals surface area contributed by atoms with Crippen LogP contribution in [0, 0.1) is 5.82 Å². The number of halogens is 2. The minimum absolute atomic E-state index is 0.0118. The zero-order valence-corrected chi connectivity index (χ0v) is 14.6. The van der Waals surface area contributed by atoms with E-state index in [-0.39, 0.29) is 12.5 Å².